The predicted octanol–water partition coefficient (Wildman–Crippen LogP) is 2.55. The van der Waals surface area contributed by atoms with E-state index in [0.29, 0.717) is 6.61 Å². The number of ether oxygens (including phenoxy) is 3. The first-order chi connectivity index (χ1) is 12.9. The van der Waals surface area contributed by atoms with Crippen LogP contribution in [0.2, 0.25) is 0 Å². The van der Waals surface area contributed by atoms with Gasteiger partial charge in [0.05, 0.1) is 30.3 Å². The fourth-order valence-electron chi connectivity index (χ4n) is 2.25. The first-order valence-corrected chi connectivity index (χ1v) is 7.82. The van der Waals surface area contributed by atoms with Gasteiger partial charge < -0.3 is 19.5 Å². The van der Waals surface area contributed by atoms with Crippen LogP contribution in [0.1, 0.15) is 15.9 Å². The van der Waals surface area contributed by atoms with Gasteiger partial charge in [-0.15, -0.1) is 0 Å². The van der Waals surface area contributed by atoms with Gasteiger partial charge in [0.1, 0.15) is 11.4 Å². The Bertz CT molecular complexity index is 851. The Morgan fingerprint density at radius 3 is 2.59 bits per heavy atom. The zero-order chi connectivity index (χ0) is 19.8. The molecule has 0 radical (unpaired) electrons. The van der Waals surface area contributed by atoms with Crippen molar-refractivity contribution in [2.24, 2.45) is 0 Å². The fourth-order valence-corrected chi connectivity index (χ4v) is 2.25. The summed E-state index contributed by atoms with van der Waals surface area (Å²) >= 11 is 0. The molecule has 0 aliphatic heterocycles. The molecule has 0 atom stereocenters. The molecule has 0 heterocycles. The Hall–Kier alpha value is -3.46. The molecule has 1 N–H and O–H groups in total. The van der Waals surface area contributed by atoms with Crippen LogP contribution >= 0.6 is 0 Å². The predicted molar refractivity (Wildman–Crippen MR) is 95.7 cm³/mol. The molecule has 9 nitrogen and oxygen atoms in total. The summed E-state index contributed by atoms with van der Waals surface area (Å²) in [6.45, 7) is -0.251. The number of nitro benzene ring substituents is 1. The van der Waals surface area contributed by atoms with Crippen LogP contribution in [0.4, 0.5) is 11.4 Å². The SMILES string of the molecule is COCc1cccc(C(=O)OCC(=O)Nc2ccc(OC)cc2[N+](=O)[O-])c1. The van der Waals surface area contributed by atoms with Crippen LogP contribution in [0.15, 0.2) is 42.5 Å². The maximum absolute atomic E-state index is 12.0. The number of nitro groups is 1. The lowest BCUT2D eigenvalue weighted by atomic mass is 10.1. The lowest BCUT2D eigenvalue weighted by molar-refractivity contribution is -0.384. The maximum atomic E-state index is 12.0. The molecular formula is C18H18N2O7. The topological polar surface area (TPSA) is 117 Å². The number of rotatable bonds is 8. The van der Waals surface area contributed by atoms with Gasteiger partial charge in [-0.1, -0.05) is 12.1 Å². The van der Waals surface area contributed by atoms with Gasteiger partial charge in [0.2, 0.25) is 0 Å². The quantitative estimate of drug-likeness (QED) is 0.429. The van der Waals surface area contributed by atoms with Crippen molar-refractivity contribution in [1.29, 1.82) is 0 Å². The number of benzene rings is 2. The molecule has 2 aromatic carbocycles. The highest BCUT2D eigenvalue weighted by atomic mass is 16.6. The average molecular weight is 374 g/mol. The molecule has 0 fully saturated rings. The number of hydrogen-bond acceptors (Lipinski definition) is 7. The van der Waals surface area contributed by atoms with Gasteiger partial charge in [-0.3, -0.25) is 14.9 Å². The summed E-state index contributed by atoms with van der Waals surface area (Å²) in [5.74, 6) is -1.11. The number of carbonyl (C=O) groups excluding carboxylic acids is 2. The number of hydrogen-bond donors (Lipinski definition) is 1. The van der Waals surface area contributed by atoms with Gasteiger partial charge in [-0.25, -0.2) is 4.79 Å². The molecule has 1 amide bonds. The van der Waals surface area contributed by atoms with E-state index in [1.54, 1.807) is 24.3 Å². The zero-order valence-corrected chi connectivity index (χ0v) is 14.8. The summed E-state index contributed by atoms with van der Waals surface area (Å²) in [4.78, 5) is 34.5. The van der Waals surface area contributed by atoms with Crippen molar-refractivity contribution in [2.45, 2.75) is 6.61 Å². The van der Waals surface area contributed by atoms with E-state index in [9.17, 15) is 19.7 Å². The second kappa shape index (κ2) is 9.30. The Balaban J connectivity index is 1.99. The second-order valence-corrected chi connectivity index (χ2v) is 5.40. The van der Waals surface area contributed by atoms with Crippen LogP contribution < -0.4 is 10.1 Å². The Morgan fingerprint density at radius 1 is 1.15 bits per heavy atom. The van der Waals surface area contributed by atoms with Crippen LogP contribution in [-0.2, 0) is 20.9 Å². The van der Waals surface area contributed by atoms with Crippen LogP contribution in [0.5, 0.6) is 5.75 Å². The van der Waals surface area contributed by atoms with Crippen molar-refractivity contribution >= 4 is 23.3 Å². The maximum Gasteiger partial charge on any atom is 0.338 e. The minimum absolute atomic E-state index is 0.0241. The summed E-state index contributed by atoms with van der Waals surface area (Å²) < 4.78 is 14.9. The molecule has 0 saturated heterocycles. The number of nitrogens with one attached hydrogen (secondary N) is 1. The molecule has 0 spiro atoms. The van der Waals surface area contributed by atoms with Crippen molar-refractivity contribution in [2.75, 3.05) is 26.1 Å². The molecule has 27 heavy (non-hydrogen) atoms. The first kappa shape index (κ1) is 19.9. The Labute approximate surface area is 155 Å². The van der Waals surface area contributed by atoms with Crippen molar-refractivity contribution in [3.63, 3.8) is 0 Å². The number of methoxy groups -OCH3 is 2. The molecule has 0 aliphatic rings. The molecule has 2 rings (SSSR count). The average Bonchev–Trinajstić information content (AvgIpc) is 2.66. The molecule has 2 aromatic rings. The van der Waals surface area contributed by atoms with Crippen LogP contribution in [-0.4, -0.2) is 37.6 Å². The van der Waals surface area contributed by atoms with Gasteiger partial charge in [0.15, 0.2) is 6.61 Å². The molecule has 0 unspecified atom stereocenters. The van der Waals surface area contributed by atoms with Crippen molar-refractivity contribution in [3.8, 4) is 5.75 Å². The first-order valence-electron chi connectivity index (χ1n) is 7.82. The number of amides is 1. The summed E-state index contributed by atoms with van der Waals surface area (Å²) in [7, 11) is 2.91. The van der Waals surface area contributed by atoms with E-state index in [1.807, 2.05) is 0 Å². The van der Waals surface area contributed by atoms with E-state index in [1.165, 1.54) is 32.4 Å². The number of anilines is 1. The van der Waals surface area contributed by atoms with E-state index in [2.05, 4.69) is 5.32 Å². The monoisotopic (exact) mass is 374 g/mol. The summed E-state index contributed by atoms with van der Waals surface area (Å²) in [6, 6.07) is 10.6. The third kappa shape index (κ3) is 5.51. The van der Waals surface area contributed by atoms with E-state index in [-0.39, 0.29) is 22.7 Å². The minimum Gasteiger partial charge on any atom is -0.496 e. The van der Waals surface area contributed by atoms with Crippen LogP contribution in [0, 0.1) is 10.1 Å². The molecule has 0 aromatic heterocycles. The van der Waals surface area contributed by atoms with Crippen molar-refractivity contribution in [3.05, 3.63) is 63.7 Å². The standard InChI is InChI=1S/C18H18N2O7/c1-25-10-12-4-3-5-13(8-12)18(22)27-11-17(21)19-15-7-6-14(26-2)9-16(15)20(23)24/h3-9H,10-11H2,1-2H3,(H,19,21). The van der Waals surface area contributed by atoms with Gasteiger partial charge in [0, 0.05) is 7.11 Å². The van der Waals surface area contributed by atoms with Crippen molar-refractivity contribution < 1.29 is 28.7 Å². The third-order valence-corrected chi connectivity index (χ3v) is 3.48. The normalized spacial score (nSPS) is 10.1. The lowest BCUT2D eigenvalue weighted by Crippen LogP contribution is -2.21. The molecule has 0 saturated carbocycles. The zero-order valence-electron chi connectivity index (χ0n) is 14.8. The van der Waals surface area contributed by atoms with Crippen molar-refractivity contribution in [1.82, 2.24) is 0 Å². The van der Waals surface area contributed by atoms with Crippen LogP contribution in [0.3, 0.4) is 0 Å². The summed E-state index contributed by atoms with van der Waals surface area (Å²) in [6.07, 6.45) is 0. The number of esters is 1. The lowest BCUT2D eigenvalue weighted by Gasteiger charge is -2.09. The summed E-state index contributed by atoms with van der Waals surface area (Å²) in [5.41, 5.74) is 0.697. The van der Waals surface area contributed by atoms with E-state index >= 15 is 0 Å². The smallest absolute Gasteiger partial charge is 0.338 e. The third-order valence-electron chi connectivity index (χ3n) is 3.48. The van der Waals surface area contributed by atoms with E-state index in [4.69, 9.17) is 14.2 Å². The van der Waals surface area contributed by atoms with E-state index in [0.717, 1.165) is 5.56 Å². The van der Waals surface area contributed by atoms with Gasteiger partial charge in [-0.05, 0) is 29.8 Å². The highest BCUT2D eigenvalue weighted by Gasteiger charge is 2.18. The molecule has 0 bridgehead atoms. The number of carbonyl (C=O) groups is 2. The molecule has 142 valence electrons. The second-order valence-electron chi connectivity index (χ2n) is 5.40. The minimum atomic E-state index is -0.704. The molecule has 9 heteroatoms. The molecule has 0 aliphatic carbocycles. The highest BCUT2D eigenvalue weighted by Crippen LogP contribution is 2.28. The van der Waals surface area contributed by atoms with Crippen LogP contribution in [0.25, 0.3) is 0 Å². The Kier molecular flexibility index (Phi) is 6.84. The highest BCUT2D eigenvalue weighted by molar-refractivity contribution is 5.97. The Morgan fingerprint density at radius 2 is 1.93 bits per heavy atom. The number of nitrogens with zero attached hydrogens (tertiary/aromatic N) is 1. The fraction of sp³-hybridized carbons (Fsp3) is 0.222. The molecular weight excluding hydrogens is 356 g/mol. The van der Waals surface area contributed by atoms with Gasteiger partial charge >= 0.3 is 5.97 Å². The largest absolute Gasteiger partial charge is 0.496 e. The van der Waals surface area contributed by atoms with E-state index < -0.39 is 23.4 Å². The van der Waals surface area contributed by atoms with Gasteiger partial charge in [-0.2, -0.15) is 0 Å². The van der Waals surface area contributed by atoms with Gasteiger partial charge in [0.25, 0.3) is 11.6 Å². The summed E-state index contributed by atoms with van der Waals surface area (Å²) in [5, 5.41) is 13.5.